The Kier molecular flexibility index (Phi) is 6.87. The number of halogens is 1. The van der Waals surface area contributed by atoms with Gasteiger partial charge in [0.25, 0.3) is 11.8 Å². The third-order valence-electron chi connectivity index (χ3n) is 9.88. The van der Waals surface area contributed by atoms with E-state index in [2.05, 4.69) is 43.3 Å². The number of benzene rings is 1. The predicted molar refractivity (Wildman–Crippen MR) is 167 cm³/mol. The minimum Gasteiger partial charge on any atom is -0.349 e. The lowest BCUT2D eigenvalue weighted by Gasteiger charge is -2.48. The molecule has 0 unspecified atom stereocenters. The number of likely N-dealkylation sites (N-methyl/N-ethyl adjacent to an activating group) is 1. The summed E-state index contributed by atoms with van der Waals surface area (Å²) in [4.78, 5) is 50.7. The summed E-state index contributed by atoms with van der Waals surface area (Å²) in [5.41, 5.74) is 2.66. The van der Waals surface area contributed by atoms with E-state index in [0.717, 1.165) is 27.7 Å². The number of carbonyl (C=O) groups excluding carboxylic acids is 3. The summed E-state index contributed by atoms with van der Waals surface area (Å²) in [6.45, 7) is 8.03. The second-order valence-corrected chi connectivity index (χ2v) is 15.1. The highest BCUT2D eigenvalue weighted by molar-refractivity contribution is 9.10. The molecule has 1 aliphatic carbocycles. The van der Waals surface area contributed by atoms with Gasteiger partial charge in [-0.25, -0.2) is 0 Å². The molecule has 7 rings (SSSR count). The molecule has 10 nitrogen and oxygen atoms in total. The molecule has 3 fully saturated rings. The molecule has 12 heteroatoms. The van der Waals surface area contributed by atoms with Crippen molar-refractivity contribution in [1.82, 2.24) is 25.0 Å². The number of nitrogens with one attached hydrogen (secondary N) is 2. The number of aromatic amines is 1. The van der Waals surface area contributed by atoms with Crippen LogP contribution in [-0.2, 0) is 25.5 Å². The van der Waals surface area contributed by atoms with E-state index in [1.807, 2.05) is 33.0 Å². The molecule has 2 aromatic rings. The van der Waals surface area contributed by atoms with Gasteiger partial charge in [0.1, 0.15) is 12.1 Å². The van der Waals surface area contributed by atoms with Crippen LogP contribution in [0.3, 0.4) is 0 Å². The average molecular weight is 673 g/mol. The number of thioether (sulfide) groups is 1. The van der Waals surface area contributed by atoms with Gasteiger partial charge in [-0.15, -0.1) is 11.8 Å². The van der Waals surface area contributed by atoms with Crippen molar-refractivity contribution in [2.75, 3.05) is 25.2 Å². The standard InChI is InChI=1S/C31H38BrN5O5S/c1-15(2)9-23-28(39)36-14-43-13-24(36)31(41)37(23)29(40)30(42-31,16(3)4)34-27(38)17-10-19-18-7-6-8-21-25(18)20(26(32)33-21)11-22(19)35(5)12-17/h6-8,10,15-17,22-24,33,41H,9,11-14H2,1-5H3,(H,34,38)/t17-,22+,23+,24+,30-,31+/m1/s1. The van der Waals surface area contributed by atoms with Gasteiger partial charge in [0.2, 0.25) is 17.5 Å². The van der Waals surface area contributed by atoms with Gasteiger partial charge in [-0.1, -0.05) is 45.9 Å². The summed E-state index contributed by atoms with van der Waals surface area (Å²) in [6.07, 6.45) is 3.24. The molecular formula is C31H38BrN5O5S. The van der Waals surface area contributed by atoms with Gasteiger partial charge in [-0.3, -0.25) is 28.9 Å². The SMILES string of the molecule is CC(C)C[C@H]1C(=O)N2CSC[C@H]2[C@]2(O)O[C@](NC(=O)[C@@H]3C=C4c5cccc6[nH]c(Br)c(c56)C[C@@H]4N(C)C3)(C(C)C)C(=O)N12. The second kappa shape index (κ2) is 10.1. The highest BCUT2D eigenvalue weighted by atomic mass is 79.9. The molecule has 1 aromatic carbocycles. The fourth-order valence-corrected chi connectivity index (χ4v) is 9.50. The van der Waals surface area contributed by atoms with Crippen LogP contribution in [0, 0.1) is 17.8 Å². The number of amides is 3. The smallest absolute Gasteiger partial charge is 0.281 e. The maximum absolute atomic E-state index is 14.4. The summed E-state index contributed by atoms with van der Waals surface area (Å²) < 4.78 is 7.42. The molecule has 3 amide bonds. The largest absolute Gasteiger partial charge is 0.349 e. The Morgan fingerprint density at radius 1 is 1.28 bits per heavy atom. The van der Waals surface area contributed by atoms with Crippen molar-refractivity contribution in [3.05, 3.63) is 40.0 Å². The lowest BCUT2D eigenvalue weighted by Crippen LogP contribution is -2.72. The van der Waals surface area contributed by atoms with Crippen molar-refractivity contribution in [3.8, 4) is 0 Å². The van der Waals surface area contributed by atoms with Gasteiger partial charge in [0.05, 0.1) is 16.4 Å². The maximum Gasteiger partial charge on any atom is 0.281 e. The monoisotopic (exact) mass is 671 g/mol. The zero-order valence-electron chi connectivity index (χ0n) is 25.0. The van der Waals surface area contributed by atoms with Crippen LogP contribution in [0.5, 0.6) is 0 Å². The number of hydrogen-bond donors (Lipinski definition) is 3. The first kappa shape index (κ1) is 29.3. The van der Waals surface area contributed by atoms with Crippen LogP contribution in [0.15, 0.2) is 28.9 Å². The third kappa shape index (κ3) is 4.12. The average Bonchev–Trinajstić information content (AvgIpc) is 3.63. The molecule has 5 heterocycles. The van der Waals surface area contributed by atoms with Gasteiger partial charge in [0, 0.05) is 35.2 Å². The van der Waals surface area contributed by atoms with E-state index >= 15 is 0 Å². The van der Waals surface area contributed by atoms with Crippen LogP contribution in [0.2, 0.25) is 0 Å². The van der Waals surface area contributed by atoms with Crippen molar-refractivity contribution in [3.63, 3.8) is 0 Å². The molecule has 0 spiro atoms. The van der Waals surface area contributed by atoms with Gasteiger partial charge >= 0.3 is 0 Å². The Balaban J connectivity index is 1.25. The molecule has 1 aromatic heterocycles. The highest BCUT2D eigenvalue weighted by Crippen LogP contribution is 2.49. The molecular weight excluding hydrogens is 634 g/mol. The Morgan fingerprint density at radius 2 is 2.05 bits per heavy atom. The molecule has 4 aliphatic heterocycles. The Hall–Kier alpha value is -2.38. The number of nitrogens with zero attached hydrogens (tertiary/aromatic N) is 3. The molecule has 5 aliphatic rings. The van der Waals surface area contributed by atoms with E-state index in [4.69, 9.17) is 4.74 Å². The minimum atomic E-state index is -2.03. The summed E-state index contributed by atoms with van der Waals surface area (Å²) in [7, 11) is 2.02. The van der Waals surface area contributed by atoms with Crippen LogP contribution >= 0.6 is 27.7 Å². The van der Waals surface area contributed by atoms with E-state index < -0.39 is 41.5 Å². The Morgan fingerprint density at radius 3 is 2.77 bits per heavy atom. The van der Waals surface area contributed by atoms with Crippen LogP contribution < -0.4 is 5.32 Å². The number of carbonyl (C=O) groups is 3. The molecule has 0 radical (unpaired) electrons. The number of hydrogen-bond acceptors (Lipinski definition) is 7. The number of piperazine rings is 1. The fraction of sp³-hybridized carbons (Fsp3) is 0.581. The van der Waals surface area contributed by atoms with Crippen LogP contribution in [0.25, 0.3) is 16.5 Å². The molecule has 3 saturated heterocycles. The molecule has 6 atom stereocenters. The van der Waals surface area contributed by atoms with E-state index in [9.17, 15) is 19.5 Å². The molecule has 0 bridgehead atoms. The van der Waals surface area contributed by atoms with Gasteiger partial charge in [-0.05, 0) is 64.5 Å². The van der Waals surface area contributed by atoms with Gasteiger partial charge < -0.3 is 20.3 Å². The zero-order chi connectivity index (χ0) is 30.6. The normalized spacial score (nSPS) is 33.7. The van der Waals surface area contributed by atoms with Crippen LogP contribution in [-0.4, -0.2) is 97.5 Å². The zero-order valence-corrected chi connectivity index (χ0v) is 27.4. The molecule has 3 N–H and O–H groups in total. The van der Waals surface area contributed by atoms with Crippen molar-refractivity contribution < 1.29 is 24.2 Å². The molecule has 0 saturated carbocycles. The third-order valence-corrected chi connectivity index (χ3v) is 11.6. The van der Waals surface area contributed by atoms with E-state index in [1.165, 1.54) is 27.6 Å². The quantitative estimate of drug-likeness (QED) is 0.447. The second-order valence-electron chi connectivity index (χ2n) is 13.3. The molecule has 230 valence electrons. The highest BCUT2D eigenvalue weighted by Gasteiger charge is 2.72. The first-order chi connectivity index (χ1) is 20.4. The van der Waals surface area contributed by atoms with Crippen molar-refractivity contribution >= 4 is 61.9 Å². The Labute approximate surface area is 263 Å². The lowest BCUT2D eigenvalue weighted by atomic mass is 9.79. The van der Waals surface area contributed by atoms with Crippen LogP contribution in [0.4, 0.5) is 0 Å². The summed E-state index contributed by atoms with van der Waals surface area (Å²) in [6, 6.07) is 4.71. The predicted octanol–water partition coefficient (Wildman–Crippen LogP) is 3.10. The topological polar surface area (TPSA) is 118 Å². The number of H-pyrrole nitrogens is 1. The van der Waals surface area contributed by atoms with Crippen molar-refractivity contribution in [1.29, 1.82) is 0 Å². The van der Waals surface area contributed by atoms with Crippen LogP contribution in [0.1, 0.15) is 45.2 Å². The van der Waals surface area contributed by atoms with Crippen molar-refractivity contribution in [2.24, 2.45) is 17.8 Å². The number of aliphatic hydroxyl groups is 1. The number of aromatic nitrogens is 1. The van der Waals surface area contributed by atoms with Gasteiger partial charge in [-0.2, -0.15) is 0 Å². The summed E-state index contributed by atoms with van der Waals surface area (Å²) >= 11 is 5.22. The van der Waals surface area contributed by atoms with Gasteiger partial charge in [0.15, 0.2) is 0 Å². The van der Waals surface area contributed by atoms with Crippen molar-refractivity contribution in [2.45, 2.75) is 70.3 Å². The van der Waals surface area contributed by atoms with E-state index in [1.54, 1.807) is 18.7 Å². The number of rotatable bonds is 5. The maximum atomic E-state index is 14.4. The first-order valence-corrected chi connectivity index (χ1v) is 17.0. The first-order valence-electron chi connectivity index (χ1n) is 15.0. The number of fused-ring (bicyclic) bond motifs is 5. The molecule has 43 heavy (non-hydrogen) atoms. The minimum absolute atomic E-state index is 0.0971. The number of ether oxygens (including phenoxy) is 1. The lowest BCUT2D eigenvalue weighted by molar-refractivity contribution is -0.320. The van der Waals surface area contributed by atoms with E-state index in [0.29, 0.717) is 24.6 Å². The van der Waals surface area contributed by atoms with E-state index in [-0.39, 0.29) is 23.8 Å². The summed E-state index contributed by atoms with van der Waals surface area (Å²) in [5, 5.41) is 16.3. The fourth-order valence-electron chi connectivity index (χ4n) is 7.70. The summed E-state index contributed by atoms with van der Waals surface area (Å²) in [5.74, 6) is -3.22. The Bertz CT molecular complexity index is 1570.